The van der Waals surface area contributed by atoms with E-state index in [-0.39, 0.29) is 12.0 Å². The molecular weight excluding hydrogens is 226 g/mol. The lowest BCUT2D eigenvalue weighted by Gasteiger charge is -2.06. The highest BCUT2D eigenvalue weighted by molar-refractivity contribution is 7.98. The second-order valence-electron chi connectivity index (χ2n) is 3.07. The van der Waals surface area contributed by atoms with Crippen molar-refractivity contribution in [2.24, 2.45) is 0 Å². The van der Waals surface area contributed by atoms with E-state index >= 15 is 0 Å². The maximum atomic E-state index is 5.55. The summed E-state index contributed by atoms with van der Waals surface area (Å²) in [5, 5.41) is 3.06. The predicted molar refractivity (Wildman–Crippen MR) is 66.9 cm³/mol. The minimum Gasteiger partial charge on any atom is -0.463 e. The fourth-order valence-electron chi connectivity index (χ4n) is 0.974. The van der Waals surface area contributed by atoms with Gasteiger partial charge in [-0.2, -0.15) is 26.7 Å². The van der Waals surface area contributed by atoms with E-state index < -0.39 is 0 Å². The Morgan fingerprint density at radius 2 is 2.19 bits per heavy atom. The molecule has 1 aromatic rings. The van der Waals surface area contributed by atoms with E-state index in [0.29, 0.717) is 12.6 Å². The summed E-state index contributed by atoms with van der Waals surface area (Å²) in [6.45, 7) is 3.38. The monoisotopic (exact) mass is 243 g/mol. The number of nitrogens with zero attached hydrogens (tertiary/aromatic N) is 3. The normalized spacial score (nSPS) is 10.1. The van der Waals surface area contributed by atoms with Crippen LogP contribution in [-0.2, 0) is 0 Å². The van der Waals surface area contributed by atoms with E-state index in [4.69, 9.17) is 10.5 Å². The molecule has 0 amide bonds. The lowest BCUT2D eigenvalue weighted by Crippen LogP contribution is -2.11. The van der Waals surface area contributed by atoms with Gasteiger partial charge in [0.2, 0.25) is 11.9 Å². The van der Waals surface area contributed by atoms with Gasteiger partial charge in [0.1, 0.15) is 0 Å². The van der Waals surface area contributed by atoms with Crippen molar-refractivity contribution < 1.29 is 4.74 Å². The molecule has 7 heteroatoms. The summed E-state index contributed by atoms with van der Waals surface area (Å²) in [6, 6.07) is 0.279. The summed E-state index contributed by atoms with van der Waals surface area (Å²) in [6.07, 6.45) is 2.94. The van der Waals surface area contributed by atoms with Gasteiger partial charge < -0.3 is 15.8 Å². The molecule has 0 unspecified atom stereocenters. The van der Waals surface area contributed by atoms with Gasteiger partial charge in [-0.3, -0.25) is 0 Å². The summed E-state index contributed by atoms with van der Waals surface area (Å²) in [5.41, 5.74) is 5.55. The number of thioether (sulfide) groups is 1. The van der Waals surface area contributed by atoms with Crippen molar-refractivity contribution in [2.45, 2.75) is 13.3 Å². The van der Waals surface area contributed by atoms with Gasteiger partial charge in [-0.1, -0.05) is 6.92 Å². The van der Waals surface area contributed by atoms with Crippen LogP contribution in [0.4, 0.5) is 11.9 Å². The van der Waals surface area contributed by atoms with Gasteiger partial charge in [0.05, 0.1) is 6.61 Å². The van der Waals surface area contributed by atoms with Crippen LogP contribution in [0, 0.1) is 0 Å². The third-order valence-electron chi connectivity index (χ3n) is 1.66. The summed E-state index contributed by atoms with van der Waals surface area (Å²) in [4.78, 5) is 12.0. The molecule has 0 spiro atoms. The number of ether oxygens (including phenoxy) is 1. The first-order valence-electron chi connectivity index (χ1n) is 5.13. The second kappa shape index (κ2) is 7.10. The largest absolute Gasteiger partial charge is 0.463 e. The fraction of sp³-hybridized carbons (Fsp3) is 0.667. The molecule has 0 aromatic carbocycles. The van der Waals surface area contributed by atoms with Crippen LogP contribution >= 0.6 is 11.8 Å². The van der Waals surface area contributed by atoms with Crippen LogP contribution in [0.2, 0.25) is 0 Å². The smallest absolute Gasteiger partial charge is 0.323 e. The topological polar surface area (TPSA) is 86.0 Å². The molecule has 0 bridgehead atoms. The zero-order valence-electron chi connectivity index (χ0n) is 9.56. The Balaban J connectivity index is 2.58. The van der Waals surface area contributed by atoms with E-state index in [2.05, 4.69) is 20.3 Å². The summed E-state index contributed by atoms with van der Waals surface area (Å²) >= 11 is 1.75. The average Bonchev–Trinajstić information content (AvgIpc) is 2.26. The Hall–Kier alpha value is -1.24. The summed E-state index contributed by atoms with van der Waals surface area (Å²) in [7, 11) is 0. The molecule has 0 aliphatic heterocycles. The van der Waals surface area contributed by atoms with Crippen LogP contribution in [-0.4, -0.2) is 40.1 Å². The molecule has 6 nitrogen and oxygen atoms in total. The Morgan fingerprint density at radius 1 is 1.38 bits per heavy atom. The van der Waals surface area contributed by atoms with Crippen molar-refractivity contribution >= 4 is 23.7 Å². The molecule has 90 valence electrons. The van der Waals surface area contributed by atoms with Crippen molar-refractivity contribution in [2.75, 3.05) is 36.2 Å². The van der Waals surface area contributed by atoms with Crippen molar-refractivity contribution in [3.63, 3.8) is 0 Å². The molecule has 0 aliphatic carbocycles. The Kier molecular flexibility index (Phi) is 5.69. The first-order chi connectivity index (χ1) is 7.76. The maximum Gasteiger partial charge on any atom is 0.323 e. The number of nitrogens with two attached hydrogens (primary N) is 1. The van der Waals surface area contributed by atoms with Crippen LogP contribution in [0.15, 0.2) is 0 Å². The SMILES string of the molecule is CCCOc1nc(N)nc(NCCSC)n1. The molecule has 0 fully saturated rings. The number of nitrogens with one attached hydrogen (secondary N) is 1. The van der Waals surface area contributed by atoms with Gasteiger partial charge in [0.25, 0.3) is 0 Å². The number of nitrogen functional groups attached to an aromatic ring is 1. The molecule has 0 saturated heterocycles. The standard InChI is InChI=1S/C9H17N5OS/c1-3-5-15-9-13-7(10)12-8(14-9)11-4-6-16-2/h3-6H2,1-2H3,(H3,10,11,12,13,14). The Morgan fingerprint density at radius 3 is 2.88 bits per heavy atom. The Bertz CT molecular complexity index is 323. The highest BCUT2D eigenvalue weighted by Crippen LogP contribution is 2.09. The van der Waals surface area contributed by atoms with Crippen molar-refractivity contribution in [1.29, 1.82) is 0 Å². The molecule has 0 radical (unpaired) electrons. The molecule has 16 heavy (non-hydrogen) atoms. The highest BCUT2D eigenvalue weighted by Gasteiger charge is 2.04. The van der Waals surface area contributed by atoms with E-state index in [1.54, 1.807) is 11.8 Å². The molecule has 3 N–H and O–H groups in total. The molecule has 0 aliphatic rings. The van der Waals surface area contributed by atoms with Crippen LogP contribution < -0.4 is 15.8 Å². The second-order valence-corrected chi connectivity index (χ2v) is 4.05. The molecule has 0 saturated carbocycles. The van der Waals surface area contributed by atoms with Crippen molar-refractivity contribution in [1.82, 2.24) is 15.0 Å². The van der Waals surface area contributed by atoms with Crippen molar-refractivity contribution in [3.05, 3.63) is 0 Å². The number of anilines is 2. The number of hydrogen-bond acceptors (Lipinski definition) is 7. The van der Waals surface area contributed by atoms with E-state index in [1.807, 2.05) is 13.2 Å². The minimum atomic E-state index is 0.174. The van der Waals surface area contributed by atoms with Gasteiger partial charge in [0.15, 0.2) is 0 Å². The minimum absolute atomic E-state index is 0.174. The van der Waals surface area contributed by atoms with Crippen LogP contribution in [0.1, 0.15) is 13.3 Å². The number of aromatic nitrogens is 3. The van der Waals surface area contributed by atoms with E-state index in [0.717, 1.165) is 18.7 Å². The first kappa shape index (κ1) is 12.8. The lowest BCUT2D eigenvalue weighted by molar-refractivity contribution is 0.292. The molecule has 1 aromatic heterocycles. The average molecular weight is 243 g/mol. The number of rotatable bonds is 7. The quantitative estimate of drug-likeness (QED) is 0.691. The summed E-state index contributed by atoms with van der Waals surface area (Å²) in [5.74, 6) is 1.62. The third-order valence-corrected chi connectivity index (χ3v) is 2.27. The van der Waals surface area contributed by atoms with Crippen molar-refractivity contribution in [3.8, 4) is 6.01 Å². The molecule has 1 rings (SSSR count). The zero-order chi connectivity index (χ0) is 11.8. The maximum absolute atomic E-state index is 5.55. The van der Waals surface area contributed by atoms with Gasteiger partial charge in [-0.15, -0.1) is 0 Å². The Labute approximate surface area is 99.4 Å². The van der Waals surface area contributed by atoms with Gasteiger partial charge in [-0.25, -0.2) is 0 Å². The van der Waals surface area contributed by atoms with Crippen LogP contribution in [0.5, 0.6) is 6.01 Å². The summed E-state index contributed by atoms with van der Waals surface area (Å²) < 4.78 is 5.30. The molecule has 1 heterocycles. The fourth-order valence-corrected chi connectivity index (χ4v) is 1.28. The lowest BCUT2D eigenvalue weighted by atomic mass is 10.5. The third kappa shape index (κ3) is 4.52. The molecular formula is C9H17N5OS. The first-order valence-corrected chi connectivity index (χ1v) is 6.52. The van der Waals surface area contributed by atoms with Gasteiger partial charge >= 0.3 is 6.01 Å². The molecule has 0 atom stereocenters. The van der Waals surface area contributed by atoms with Gasteiger partial charge in [0, 0.05) is 12.3 Å². The number of hydrogen-bond donors (Lipinski definition) is 2. The zero-order valence-corrected chi connectivity index (χ0v) is 10.4. The highest BCUT2D eigenvalue weighted by atomic mass is 32.2. The van der Waals surface area contributed by atoms with Crippen LogP contribution in [0.25, 0.3) is 0 Å². The van der Waals surface area contributed by atoms with E-state index in [9.17, 15) is 0 Å². The van der Waals surface area contributed by atoms with E-state index in [1.165, 1.54) is 0 Å². The predicted octanol–water partition coefficient (Wildman–Crippen LogP) is 1.02. The van der Waals surface area contributed by atoms with Gasteiger partial charge in [-0.05, 0) is 12.7 Å². The van der Waals surface area contributed by atoms with Crippen LogP contribution in [0.3, 0.4) is 0 Å².